The molecule has 6 heteroatoms. The Morgan fingerprint density at radius 2 is 1.69 bits per heavy atom. The molecule has 0 saturated heterocycles. The van der Waals surface area contributed by atoms with E-state index >= 15 is 0 Å². The molecule has 5 nitrogen and oxygen atoms in total. The van der Waals surface area contributed by atoms with E-state index in [1.807, 2.05) is 51.1 Å². The summed E-state index contributed by atoms with van der Waals surface area (Å²) in [6.07, 6.45) is 2.10. The number of nitrogens with zero attached hydrogens (tertiary/aromatic N) is 1. The van der Waals surface area contributed by atoms with Gasteiger partial charge in [0.25, 0.3) is 0 Å². The first kappa shape index (κ1) is 20.1. The Morgan fingerprint density at radius 1 is 1.12 bits per heavy atom. The first-order chi connectivity index (χ1) is 12.1. The molecular formula is C20H27N3O2S. The largest absolute Gasteiger partial charge is 0.325 e. The number of amides is 1. The Bertz CT molecular complexity index is 862. The van der Waals surface area contributed by atoms with E-state index in [1.54, 1.807) is 30.5 Å². The van der Waals surface area contributed by atoms with Crippen LogP contribution < -0.4 is 11.1 Å². The zero-order valence-corrected chi connectivity index (χ0v) is 16.5. The van der Waals surface area contributed by atoms with Crippen LogP contribution in [-0.4, -0.2) is 28.0 Å². The second-order valence-electron chi connectivity index (χ2n) is 7.37. The van der Waals surface area contributed by atoms with Gasteiger partial charge in [-0.1, -0.05) is 30.3 Å². The van der Waals surface area contributed by atoms with Crippen molar-refractivity contribution in [2.45, 2.75) is 43.7 Å². The second kappa shape index (κ2) is 8.01. The summed E-state index contributed by atoms with van der Waals surface area (Å²) < 4.78 is 17.2. The predicted molar refractivity (Wildman–Crippen MR) is 108 cm³/mol. The monoisotopic (exact) mass is 373 g/mol. The zero-order valence-electron chi connectivity index (χ0n) is 15.7. The summed E-state index contributed by atoms with van der Waals surface area (Å²) in [4.78, 5) is 12.9. The standard InChI is InChI=1S/C20H27N3O2S/c1-20(2,3)23-26(4,25)17-12-10-16(11-13-17)22-19(24)18(21)14-15-8-6-5-7-9-15/h5-13,18H,14,21H2,1-4H3,(H,22,24). The fraction of sp³-hybridized carbons (Fsp3) is 0.350. The van der Waals surface area contributed by atoms with E-state index in [-0.39, 0.29) is 11.4 Å². The molecule has 0 saturated carbocycles. The molecule has 0 heterocycles. The van der Waals surface area contributed by atoms with Crippen molar-refractivity contribution in [2.75, 3.05) is 11.6 Å². The molecule has 0 radical (unpaired) electrons. The lowest BCUT2D eigenvalue weighted by atomic mass is 10.1. The molecule has 0 aliphatic rings. The summed E-state index contributed by atoms with van der Waals surface area (Å²) in [5.74, 6) is -0.252. The zero-order chi connectivity index (χ0) is 19.4. The van der Waals surface area contributed by atoms with Crippen molar-refractivity contribution in [1.82, 2.24) is 0 Å². The summed E-state index contributed by atoms with van der Waals surface area (Å²) in [7, 11) is -2.48. The molecule has 3 N–H and O–H groups in total. The van der Waals surface area contributed by atoms with E-state index in [1.165, 1.54) is 0 Å². The van der Waals surface area contributed by atoms with Crippen molar-refractivity contribution >= 4 is 21.3 Å². The Labute approximate surface area is 156 Å². The molecule has 2 rings (SSSR count). The molecule has 2 aromatic rings. The number of hydrogen-bond acceptors (Lipinski definition) is 4. The number of rotatable bonds is 5. The molecule has 0 bridgehead atoms. The molecule has 0 aromatic heterocycles. The molecule has 0 fully saturated rings. The minimum atomic E-state index is -2.48. The van der Waals surface area contributed by atoms with Gasteiger partial charge in [0, 0.05) is 16.8 Å². The minimum Gasteiger partial charge on any atom is -0.325 e. The van der Waals surface area contributed by atoms with E-state index in [9.17, 15) is 9.00 Å². The fourth-order valence-electron chi connectivity index (χ4n) is 2.56. The average Bonchev–Trinajstić information content (AvgIpc) is 2.54. The lowest BCUT2D eigenvalue weighted by Gasteiger charge is -2.16. The molecule has 2 atom stereocenters. The van der Waals surface area contributed by atoms with Gasteiger partial charge in [-0.25, -0.2) is 8.57 Å². The topological polar surface area (TPSA) is 84.5 Å². The van der Waals surface area contributed by atoms with E-state index in [4.69, 9.17) is 5.73 Å². The maximum atomic E-state index is 12.8. The number of carbonyl (C=O) groups is 1. The van der Waals surface area contributed by atoms with Crippen LogP contribution in [0.5, 0.6) is 0 Å². The molecule has 140 valence electrons. The van der Waals surface area contributed by atoms with Crippen molar-refractivity contribution in [3.05, 3.63) is 60.2 Å². The van der Waals surface area contributed by atoms with Crippen LogP contribution in [-0.2, 0) is 20.9 Å². The number of hydrogen-bond donors (Lipinski definition) is 2. The Morgan fingerprint density at radius 3 is 2.23 bits per heavy atom. The van der Waals surface area contributed by atoms with Gasteiger partial charge in [0.15, 0.2) is 0 Å². The summed E-state index contributed by atoms with van der Waals surface area (Å²) in [6, 6.07) is 15.9. The summed E-state index contributed by atoms with van der Waals surface area (Å²) in [6.45, 7) is 5.75. The average molecular weight is 374 g/mol. The number of nitrogens with one attached hydrogen (secondary N) is 1. The van der Waals surface area contributed by atoms with Crippen LogP contribution in [0.3, 0.4) is 0 Å². The fourth-order valence-corrected chi connectivity index (χ4v) is 4.35. The van der Waals surface area contributed by atoms with Gasteiger partial charge in [-0.3, -0.25) is 4.79 Å². The molecule has 1 amide bonds. The highest BCUT2D eigenvalue weighted by molar-refractivity contribution is 7.93. The quantitative estimate of drug-likeness (QED) is 0.842. The molecule has 2 aromatic carbocycles. The van der Waals surface area contributed by atoms with E-state index in [0.717, 1.165) is 5.56 Å². The van der Waals surface area contributed by atoms with Crippen LogP contribution in [0.1, 0.15) is 26.3 Å². The van der Waals surface area contributed by atoms with Crippen LogP contribution >= 0.6 is 0 Å². The van der Waals surface area contributed by atoms with Crippen molar-refractivity contribution < 1.29 is 9.00 Å². The Balaban J connectivity index is 2.06. The number of nitrogens with two attached hydrogens (primary N) is 1. The molecular weight excluding hydrogens is 346 g/mol. The molecule has 0 aliphatic heterocycles. The molecule has 26 heavy (non-hydrogen) atoms. The van der Waals surface area contributed by atoms with Crippen molar-refractivity contribution in [1.29, 1.82) is 0 Å². The van der Waals surface area contributed by atoms with Gasteiger partial charge in [-0.05, 0) is 57.0 Å². The lowest BCUT2D eigenvalue weighted by Crippen LogP contribution is -2.37. The number of anilines is 1. The van der Waals surface area contributed by atoms with E-state index < -0.39 is 15.8 Å². The maximum absolute atomic E-state index is 12.8. The molecule has 0 aliphatic carbocycles. The van der Waals surface area contributed by atoms with Gasteiger partial charge < -0.3 is 11.1 Å². The summed E-state index contributed by atoms with van der Waals surface area (Å²) in [5, 5.41) is 2.80. The van der Waals surface area contributed by atoms with Gasteiger partial charge in [0.2, 0.25) is 5.91 Å². The van der Waals surface area contributed by atoms with Crippen LogP contribution in [0, 0.1) is 0 Å². The number of carbonyl (C=O) groups excluding carboxylic acids is 1. The summed E-state index contributed by atoms with van der Waals surface area (Å²) in [5.41, 5.74) is 7.24. The highest BCUT2D eigenvalue weighted by Crippen LogP contribution is 2.20. The van der Waals surface area contributed by atoms with Crippen molar-refractivity contribution in [2.24, 2.45) is 10.1 Å². The third-order valence-corrected chi connectivity index (χ3v) is 5.69. The van der Waals surface area contributed by atoms with E-state index in [2.05, 4.69) is 9.68 Å². The van der Waals surface area contributed by atoms with Gasteiger partial charge in [0.1, 0.15) is 0 Å². The third-order valence-electron chi connectivity index (χ3n) is 3.64. The Hall–Kier alpha value is -2.18. The van der Waals surface area contributed by atoms with Gasteiger partial charge in [-0.2, -0.15) is 0 Å². The minimum absolute atomic E-state index is 0.252. The smallest absolute Gasteiger partial charge is 0.241 e. The highest BCUT2D eigenvalue weighted by Gasteiger charge is 2.16. The third kappa shape index (κ3) is 5.97. The van der Waals surface area contributed by atoms with Gasteiger partial charge in [-0.15, -0.1) is 0 Å². The van der Waals surface area contributed by atoms with Crippen LogP contribution in [0.15, 0.2) is 63.9 Å². The first-order valence-electron chi connectivity index (χ1n) is 8.51. The van der Waals surface area contributed by atoms with Gasteiger partial charge in [0.05, 0.1) is 21.3 Å². The van der Waals surface area contributed by atoms with Crippen LogP contribution in [0.25, 0.3) is 0 Å². The van der Waals surface area contributed by atoms with Gasteiger partial charge >= 0.3 is 0 Å². The molecule has 0 spiro atoms. The Kier molecular flexibility index (Phi) is 6.21. The first-order valence-corrected chi connectivity index (χ1v) is 10.4. The summed E-state index contributed by atoms with van der Waals surface area (Å²) >= 11 is 0. The predicted octanol–water partition coefficient (Wildman–Crippen LogP) is 3.45. The lowest BCUT2D eigenvalue weighted by molar-refractivity contribution is -0.117. The van der Waals surface area contributed by atoms with Crippen LogP contribution in [0.2, 0.25) is 0 Å². The maximum Gasteiger partial charge on any atom is 0.241 e. The SMILES string of the molecule is CC(C)(C)N=S(C)(=O)c1ccc(NC(=O)C(N)Cc2ccccc2)cc1. The number of benzene rings is 2. The second-order valence-corrected chi connectivity index (χ2v) is 9.63. The van der Waals surface area contributed by atoms with Crippen molar-refractivity contribution in [3.8, 4) is 0 Å². The van der Waals surface area contributed by atoms with Crippen LogP contribution in [0.4, 0.5) is 5.69 Å². The molecule has 2 unspecified atom stereocenters. The normalized spacial score (nSPS) is 15.0. The van der Waals surface area contributed by atoms with E-state index in [0.29, 0.717) is 17.0 Å². The van der Waals surface area contributed by atoms with Crippen molar-refractivity contribution in [3.63, 3.8) is 0 Å². The highest BCUT2D eigenvalue weighted by atomic mass is 32.2.